The molecule has 5 nitrogen and oxygen atoms in total. The largest absolute Gasteiger partial charge is 0.480 e. The van der Waals surface area contributed by atoms with Gasteiger partial charge >= 0.3 is 5.97 Å². The van der Waals surface area contributed by atoms with Crippen LogP contribution in [-0.4, -0.2) is 59.9 Å². The van der Waals surface area contributed by atoms with Gasteiger partial charge in [0.25, 0.3) is 0 Å². The molecule has 0 heterocycles. The lowest BCUT2D eigenvalue weighted by molar-refractivity contribution is -0.135. The number of hydrogen-bond acceptors (Lipinski definition) is 4. The van der Waals surface area contributed by atoms with E-state index in [0.29, 0.717) is 13.1 Å². The Morgan fingerprint density at radius 1 is 1.47 bits per heavy atom. The van der Waals surface area contributed by atoms with Crippen molar-refractivity contribution in [2.75, 3.05) is 32.7 Å². The average Bonchev–Trinajstić information content (AvgIpc) is 2.11. The van der Waals surface area contributed by atoms with Crippen LogP contribution in [0.3, 0.4) is 0 Å². The lowest BCUT2D eigenvalue weighted by atomic mass is 10.3. The molecule has 0 aromatic rings. The molecular formula is C10H22N2O3. The van der Waals surface area contributed by atoms with Crippen molar-refractivity contribution in [2.45, 2.75) is 26.4 Å². The summed E-state index contributed by atoms with van der Waals surface area (Å²) in [5.74, 6) is -0.840. The van der Waals surface area contributed by atoms with Crippen LogP contribution >= 0.6 is 0 Å². The molecule has 0 amide bonds. The van der Waals surface area contributed by atoms with Crippen molar-refractivity contribution in [1.82, 2.24) is 10.2 Å². The molecule has 3 N–H and O–H groups in total. The maximum atomic E-state index is 10.2. The van der Waals surface area contributed by atoms with E-state index in [9.17, 15) is 9.90 Å². The van der Waals surface area contributed by atoms with Crippen LogP contribution in [0.2, 0.25) is 0 Å². The van der Waals surface area contributed by atoms with Gasteiger partial charge in [-0.15, -0.1) is 0 Å². The lowest BCUT2D eigenvalue weighted by Gasteiger charge is -2.22. The molecule has 0 saturated heterocycles. The number of nitrogens with zero attached hydrogens (tertiary/aromatic N) is 1. The summed E-state index contributed by atoms with van der Waals surface area (Å²) in [6, 6.07) is 0. The minimum atomic E-state index is -0.840. The third-order valence-corrected chi connectivity index (χ3v) is 1.94. The van der Waals surface area contributed by atoms with E-state index in [4.69, 9.17) is 5.11 Å². The molecule has 0 aliphatic carbocycles. The maximum absolute atomic E-state index is 10.2. The van der Waals surface area contributed by atoms with Crippen LogP contribution in [0.1, 0.15) is 20.3 Å². The first-order valence-electron chi connectivity index (χ1n) is 5.39. The summed E-state index contributed by atoms with van der Waals surface area (Å²) in [5.41, 5.74) is 0. The molecule has 0 fully saturated rings. The fraction of sp³-hybridized carbons (Fsp3) is 0.900. The van der Waals surface area contributed by atoms with Gasteiger partial charge in [-0.05, 0) is 19.9 Å². The Hall–Kier alpha value is -0.650. The van der Waals surface area contributed by atoms with Crippen LogP contribution in [0.5, 0.6) is 0 Å². The Labute approximate surface area is 91.1 Å². The van der Waals surface area contributed by atoms with E-state index in [1.54, 1.807) is 6.92 Å². The van der Waals surface area contributed by atoms with Crippen molar-refractivity contribution < 1.29 is 15.0 Å². The van der Waals surface area contributed by atoms with Crippen molar-refractivity contribution in [3.63, 3.8) is 0 Å². The number of nitrogens with one attached hydrogen (secondary N) is 1. The summed E-state index contributed by atoms with van der Waals surface area (Å²) in [6.45, 7) is 6.81. The van der Waals surface area contributed by atoms with Crippen molar-refractivity contribution in [3.05, 3.63) is 0 Å². The highest BCUT2D eigenvalue weighted by atomic mass is 16.4. The quantitative estimate of drug-likeness (QED) is 0.466. The molecular weight excluding hydrogens is 196 g/mol. The fourth-order valence-corrected chi connectivity index (χ4v) is 1.42. The number of aliphatic carboxylic acids is 1. The normalized spacial score (nSPS) is 13.1. The van der Waals surface area contributed by atoms with Gasteiger partial charge in [0.2, 0.25) is 0 Å². The number of carboxylic acids is 1. The van der Waals surface area contributed by atoms with Crippen LogP contribution < -0.4 is 5.32 Å². The molecule has 0 rings (SSSR count). The first kappa shape index (κ1) is 14.3. The van der Waals surface area contributed by atoms with Crippen molar-refractivity contribution in [1.29, 1.82) is 0 Å². The van der Waals surface area contributed by atoms with E-state index >= 15 is 0 Å². The zero-order valence-electron chi connectivity index (χ0n) is 9.57. The van der Waals surface area contributed by atoms with Crippen LogP contribution in [0.25, 0.3) is 0 Å². The first-order valence-corrected chi connectivity index (χ1v) is 5.39. The maximum Gasteiger partial charge on any atom is 0.317 e. The lowest BCUT2D eigenvalue weighted by Crippen LogP contribution is -2.38. The van der Waals surface area contributed by atoms with E-state index in [1.165, 1.54) is 0 Å². The number of rotatable bonds is 9. The van der Waals surface area contributed by atoms with Crippen LogP contribution in [0.15, 0.2) is 0 Å². The van der Waals surface area contributed by atoms with Crippen molar-refractivity contribution in [2.24, 2.45) is 0 Å². The summed E-state index contributed by atoms with van der Waals surface area (Å²) in [4.78, 5) is 12.4. The van der Waals surface area contributed by atoms with E-state index < -0.39 is 5.97 Å². The highest BCUT2D eigenvalue weighted by Gasteiger charge is 2.06. The Kier molecular flexibility index (Phi) is 8.27. The predicted octanol–water partition coefficient (Wildman–Crippen LogP) is -0.247. The predicted molar refractivity (Wildman–Crippen MR) is 58.9 cm³/mol. The standard InChI is InChI=1S/C10H22N2O3/c1-3-5-12(8-9(2)13)6-4-11-7-10(14)15/h9,11,13H,3-8H2,1-2H3,(H,14,15). The van der Waals surface area contributed by atoms with E-state index in [0.717, 1.165) is 19.5 Å². The van der Waals surface area contributed by atoms with Crippen LogP contribution in [0.4, 0.5) is 0 Å². The summed E-state index contributed by atoms with van der Waals surface area (Å²) >= 11 is 0. The van der Waals surface area contributed by atoms with Crippen molar-refractivity contribution in [3.8, 4) is 0 Å². The minimum absolute atomic E-state index is 0.00531. The minimum Gasteiger partial charge on any atom is -0.480 e. The van der Waals surface area contributed by atoms with Gasteiger partial charge in [-0.2, -0.15) is 0 Å². The zero-order valence-corrected chi connectivity index (χ0v) is 9.57. The monoisotopic (exact) mass is 218 g/mol. The molecule has 0 aliphatic rings. The number of carbonyl (C=O) groups is 1. The van der Waals surface area contributed by atoms with Gasteiger partial charge in [0.15, 0.2) is 0 Å². The van der Waals surface area contributed by atoms with Gasteiger partial charge in [0.1, 0.15) is 0 Å². The Balaban J connectivity index is 3.60. The van der Waals surface area contributed by atoms with Crippen LogP contribution in [-0.2, 0) is 4.79 Å². The molecule has 0 saturated carbocycles. The fourth-order valence-electron chi connectivity index (χ4n) is 1.42. The summed E-state index contributed by atoms with van der Waals surface area (Å²) in [5, 5.41) is 20.5. The van der Waals surface area contributed by atoms with E-state index in [-0.39, 0.29) is 12.6 Å². The molecule has 15 heavy (non-hydrogen) atoms. The second-order valence-corrected chi connectivity index (χ2v) is 3.72. The number of aliphatic hydroxyl groups excluding tert-OH is 1. The molecule has 0 aromatic carbocycles. The zero-order chi connectivity index (χ0) is 11.7. The number of hydrogen-bond donors (Lipinski definition) is 3. The third-order valence-electron chi connectivity index (χ3n) is 1.94. The van der Waals surface area contributed by atoms with Gasteiger partial charge in [0.05, 0.1) is 12.6 Å². The smallest absolute Gasteiger partial charge is 0.317 e. The SMILES string of the molecule is CCCN(CCNCC(=O)O)CC(C)O. The number of carboxylic acid groups (broad SMARTS) is 1. The molecule has 0 bridgehead atoms. The van der Waals surface area contributed by atoms with E-state index in [2.05, 4.69) is 17.1 Å². The van der Waals surface area contributed by atoms with Gasteiger partial charge < -0.3 is 15.5 Å². The van der Waals surface area contributed by atoms with Gasteiger partial charge in [-0.3, -0.25) is 9.69 Å². The first-order chi connectivity index (χ1) is 7.06. The van der Waals surface area contributed by atoms with Gasteiger partial charge in [-0.25, -0.2) is 0 Å². The molecule has 1 unspecified atom stereocenters. The summed E-state index contributed by atoms with van der Waals surface area (Å²) in [7, 11) is 0. The van der Waals surface area contributed by atoms with Crippen LogP contribution in [0, 0.1) is 0 Å². The number of aliphatic hydroxyl groups is 1. The molecule has 90 valence electrons. The summed E-state index contributed by atoms with van der Waals surface area (Å²) < 4.78 is 0. The van der Waals surface area contributed by atoms with E-state index in [1.807, 2.05) is 0 Å². The molecule has 0 aromatic heterocycles. The highest BCUT2D eigenvalue weighted by Crippen LogP contribution is 1.93. The highest BCUT2D eigenvalue weighted by molar-refractivity contribution is 5.68. The third kappa shape index (κ3) is 9.65. The summed E-state index contributed by atoms with van der Waals surface area (Å²) in [6.07, 6.45) is 0.696. The second-order valence-electron chi connectivity index (χ2n) is 3.72. The Morgan fingerprint density at radius 2 is 2.13 bits per heavy atom. The van der Waals surface area contributed by atoms with Gasteiger partial charge in [-0.1, -0.05) is 6.92 Å². The Morgan fingerprint density at radius 3 is 2.60 bits per heavy atom. The molecule has 0 spiro atoms. The molecule has 1 atom stereocenters. The molecule has 0 aliphatic heterocycles. The van der Waals surface area contributed by atoms with Crippen molar-refractivity contribution >= 4 is 5.97 Å². The molecule has 5 heteroatoms. The Bertz CT molecular complexity index is 174. The average molecular weight is 218 g/mol. The topological polar surface area (TPSA) is 72.8 Å². The molecule has 0 radical (unpaired) electrons. The second kappa shape index (κ2) is 8.64. The van der Waals surface area contributed by atoms with Gasteiger partial charge in [0, 0.05) is 19.6 Å².